The molecule has 1 atom stereocenters. The highest BCUT2D eigenvalue weighted by atomic mass is 19.4. The highest BCUT2D eigenvalue weighted by Crippen LogP contribution is 2.30. The van der Waals surface area contributed by atoms with Gasteiger partial charge in [0.2, 0.25) is 0 Å². The lowest BCUT2D eigenvalue weighted by Gasteiger charge is -2.14. The normalized spacial score (nSPS) is 13.3. The minimum Gasteiger partial charge on any atom is -0.387 e. The molecule has 2 N–H and O–H groups in total. The van der Waals surface area contributed by atoms with Crippen molar-refractivity contribution in [2.24, 2.45) is 0 Å². The Morgan fingerprint density at radius 1 is 1.33 bits per heavy atom. The summed E-state index contributed by atoms with van der Waals surface area (Å²) in [6, 6.07) is 4.70. The van der Waals surface area contributed by atoms with Crippen molar-refractivity contribution < 1.29 is 18.3 Å². The summed E-state index contributed by atoms with van der Waals surface area (Å²) in [5, 5.41) is 20.3. The number of halogens is 3. The van der Waals surface area contributed by atoms with E-state index in [1.54, 1.807) is 17.1 Å². The lowest BCUT2D eigenvalue weighted by Crippen LogP contribution is -2.25. The lowest BCUT2D eigenvalue weighted by atomic mass is 10.1. The maximum absolute atomic E-state index is 12.6. The molecular formula is C13H15F3N4O. The van der Waals surface area contributed by atoms with Crippen LogP contribution in [-0.2, 0) is 12.7 Å². The second kappa shape index (κ2) is 6.68. The van der Waals surface area contributed by atoms with Gasteiger partial charge in [-0.2, -0.15) is 13.2 Å². The summed E-state index contributed by atoms with van der Waals surface area (Å²) in [7, 11) is 0. The molecule has 0 saturated heterocycles. The zero-order chi connectivity index (χ0) is 15.3. The van der Waals surface area contributed by atoms with Crippen LogP contribution >= 0.6 is 0 Å². The van der Waals surface area contributed by atoms with Crippen LogP contribution in [0.4, 0.5) is 13.2 Å². The van der Waals surface area contributed by atoms with Crippen LogP contribution in [0.2, 0.25) is 0 Å². The minimum absolute atomic E-state index is 0.163. The van der Waals surface area contributed by atoms with E-state index < -0.39 is 17.8 Å². The van der Waals surface area contributed by atoms with Gasteiger partial charge in [0, 0.05) is 19.3 Å². The Morgan fingerprint density at radius 3 is 2.81 bits per heavy atom. The van der Waals surface area contributed by atoms with Gasteiger partial charge in [-0.15, -0.1) is 5.10 Å². The highest BCUT2D eigenvalue weighted by Gasteiger charge is 2.30. The maximum Gasteiger partial charge on any atom is 0.416 e. The molecule has 0 bridgehead atoms. The first-order chi connectivity index (χ1) is 9.97. The largest absolute Gasteiger partial charge is 0.416 e. The van der Waals surface area contributed by atoms with Gasteiger partial charge in [0.05, 0.1) is 24.4 Å². The SMILES string of the molecule is OC(CNCCn1ccnn1)c1cccc(C(F)(F)F)c1. The predicted octanol–water partition coefficient (Wildman–Crippen LogP) is 1.62. The Labute approximate surface area is 119 Å². The van der Waals surface area contributed by atoms with Crippen molar-refractivity contribution in [3.8, 4) is 0 Å². The number of alkyl halides is 3. The minimum atomic E-state index is -4.41. The van der Waals surface area contributed by atoms with Crippen molar-refractivity contribution in [3.63, 3.8) is 0 Å². The summed E-state index contributed by atoms with van der Waals surface area (Å²) >= 11 is 0. The van der Waals surface area contributed by atoms with E-state index in [1.165, 1.54) is 12.1 Å². The molecule has 21 heavy (non-hydrogen) atoms. The fraction of sp³-hybridized carbons (Fsp3) is 0.385. The molecule has 0 saturated carbocycles. The van der Waals surface area contributed by atoms with Crippen molar-refractivity contribution in [1.29, 1.82) is 0 Å². The van der Waals surface area contributed by atoms with Crippen LogP contribution in [0, 0.1) is 0 Å². The summed E-state index contributed by atoms with van der Waals surface area (Å²) in [5.74, 6) is 0. The first kappa shape index (κ1) is 15.5. The molecular weight excluding hydrogens is 285 g/mol. The number of hydrogen-bond acceptors (Lipinski definition) is 4. The first-order valence-corrected chi connectivity index (χ1v) is 6.37. The molecule has 8 heteroatoms. The van der Waals surface area contributed by atoms with E-state index in [1.807, 2.05) is 0 Å². The van der Waals surface area contributed by atoms with Crippen LogP contribution in [0.1, 0.15) is 17.2 Å². The molecule has 2 aromatic rings. The van der Waals surface area contributed by atoms with Crippen LogP contribution in [0.15, 0.2) is 36.7 Å². The van der Waals surface area contributed by atoms with Gasteiger partial charge in [-0.1, -0.05) is 17.3 Å². The van der Waals surface area contributed by atoms with Gasteiger partial charge < -0.3 is 10.4 Å². The van der Waals surface area contributed by atoms with Gasteiger partial charge in [0.1, 0.15) is 0 Å². The molecule has 5 nitrogen and oxygen atoms in total. The van der Waals surface area contributed by atoms with Crippen molar-refractivity contribution in [2.75, 3.05) is 13.1 Å². The molecule has 1 aromatic carbocycles. The molecule has 114 valence electrons. The summed E-state index contributed by atoms with van der Waals surface area (Å²) in [6.07, 6.45) is -2.15. The second-order valence-corrected chi connectivity index (χ2v) is 4.51. The number of benzene rings is 1. The Balaban J connectivity index is 1.84. The van der Waals surface area contributed by atoms with Crippen LogP contribution in [-0.4, -0.2) is 33.2 Å². The smallest absolute Gasteiger partial charge is 0.387 e. The summed E-state index contributed by atoms with van der Waals surface area (Å²) in [6.45, 7) is 1.25. The van der Waals surface area contributed by atoms with Crippen molar-refractivity contribution in [2.45, 2.75) is 18.8 Å². The standard InChI is InChI=1S/C13H15F3N4O/c14-13(15,16)11-3-1-2-10(8-11)12(21)9-17-4-6-20-7-5-18-19-20/h1-3,5,7-8,12,17,21H,4,6,9H2. The second-order valence-electron chi connectivity index (χ2n) is 4.51. The van der Waals surface area contributed by atoms with E-state index >= 15 is 0 Å². The summed E-state index contributed by atoms with van der Waals surface area (Å²) in [4.78, 5) is 0. The average Bonchev–Trinajstić information content (AvgIpc) is 2.96. The molecule has 0 fully saturated rings. The quantitative estimate of drug-likeness (QED) is 0.796. The van der Waals surface area contributed by atoms with E-state index in [-0.39, 0.29) is 12.1 Å². The van der Waals surface area contributed by atoms with Gasteiger partial charge >= 0.3 is 6.18 Å². The zero-order valence-corrected chi connectivity index (χ0v) is 11.1. The molecule has 0 spiro atoms. The van der Waals surface area contributed by atoms with E-state index in [9.17, 15) is 18.3 Å². The monoisotopic (exact) mass is 300 g/mol. The number of aliphatic hydroxyl groups is 1. The third-order valence-corrected chi connectivity index (χ3v) is 2.93. The lowest BCUT2D eigenvalue weighted by molar-refractivity contribution is -0.137. The van der Waals surface area contributed by atoms with Crippen LogP contribution in [0.5, 0.6) is 0 Å². The molecule has 1 heterocycles. The molecule has 1 unspecified atom stereocenters. The fourth-order valence-corrected chi connectivity index (χ4v) is 1.82. The van der Waals surface area contributed by atoms with E-state index in [4.69, 9.17) is 0 Å². The van der Waals surface area contributed by atoms with Gasteiger partial charge in [0.15, 0.2) is 0 Å². The van der Waals surface area contributed by atoms with Crippen molar-refractivity contribution in [3.05, 3.63) is 47.8 Å². The average molecular weight is 300 g/mol. The van der Waals surface area contributed by atoms with E-state index in [0.29, 0.717) is 13.1 Å². The maximum atomic E-state index is 12.6. The number of nitrogens with one attached hydrogen (secondary N) is 1. The van der Waals surface area contributed by atoms with Crippen molar-refractivity contribution in [1.82, 2.24) is 20.3 Å². The summed E-state index contributed by atoms with van der Waals surface area (Å²) < 4.78 is 39.4. The van der Waals surface area contributed by atoms with Gasteiger partial charge in [-0.25, -0.2) is 0 Å². The topological polar surface area (TPSA) is 63.0 Å². The molecule has 0 radical (unpaired) electrons. The van der Waals surface area contributed by atoms with E-state index in [0.717, 1.165) is 12.1 Å². The Kier molecular flexibility index (Phi) is 4.92. The predicted molar refractivity (Wildman–Crippen MR) is 69.3 cm³/mol. The number of rotatable bonds is 6. The number of aromatic nitrogens is 3. The molecule has 1 aromatic heterocycles. The van der Waals surface area contributed by atoms with Gasteiger partial charge in [-0.05, 0) is 17.7 Å². The third-order valence-electron chi connectivity index (χ3n) is 2.93. The molecule has 0 aliphatic heterocycles. The Hall–Kier alpha value is -1.93. The molecule has 0 amide bonds. The Bertz CT molecular complexity index is 557. The van der Waals surface area contributed by atoms with Gasteiger partial charge in [-0.3, -0.25) is 4.68 Å². The zero-order valence-electron chi connectivity index (χ0n) is 11.1. The van der Waals surface area contributed by atoms with Crippen LogP contribution < -0.4 is 5.32 Å². The first-order valence-electron chi connectivity index (χ1n) is 6.37. The number of aliphatic hydroxyl groups excluding tert-OH is 1. The highest BCUT2D eigenvalue weighted by molar-refractivity contribution is 5.27. The van der Waals surface area contributed by atoms with Gasteiger partial charge in [0.25, 0.3) is 0 Å². The van der Waals surface area contributed by atoms with E-state index in [2.05, 4.69) is 15.6 Å². The molecule has 2 rings (SSSR count). The summed E-state index contributed by atoms with van der Waals surface area (Å²) in [5.41, 5.74) is -0.528. The fourth-order valence-electron chi connectivity index (χ4n) is 1.82. The number of hydrogen-bond donors (Lipinski definition) is 2. The van der Waals surface area contributed by atoms with Crippen LogP contribution in [0.3, 0.4) is 0 Å². The molecule has 0 aliphatic rings. The van der Waals surface area contributed by atoms with Crippen LogP contribution in [0.25, 0.3) is 0 Å². The third kappa shape index (κ3) is 4.54. The van der Waals surface area contributed by atoms with Crippen molar-refractivity contribution >= 4 is 0 Å². The molecule has 0 aliphatic carbocycles. The number of nitrogens with zero attached hydrogens (tertiary/aromatic N) is 3. The Morgan fingerprint density at radius 2 is 2.14 bits per heavy atom.